The summed E-state index contributed by atoms with van der Waals surface area (Å²) in [5, 5.41) is 9.30. The molecule has 1 atom stereocenters. The Morgan fingerprint density at radius 2 is 1.85 bits per heavy atom. The van der Waals surface area contributed by atoms with Gasteiger partial charge in [-0.05, 0) is 50.0 Å². The molecule has 0 aromatic heterocycles. The number of rotatable bonds is 6. The Morgan fingerprint density at radius 3 is 2.35 bits per heavy atom. The smallest absolute Gasteiger partial charge is 0.263 e. The minimum Gasteiger partial charge on any atom is -0.396 e. The molecule has 26 heavy (non-hydrogen) atoms. The third kappa shape index (κ3) is 4.08. The first-order chi connectivity index (χ1) is 12.5. The summed E-state index contributed by atoms with van der Waals surface area (Å²) in [6.07, 6.45) is 3.77. The lowest BCUT2D eigenvalue weighted by Gasteiger charge is -2.54. The van der Waals surface area contributed by atoms with E-state index < -0.39 is 6.43 Å². The van der Waals surface area contributed by atoms with Gasteiger partial charge in [-0.2, -0.15) is 0 Å². The number of halogens is 2. The van der Waals surface area contributed by atoms with Crippen molar-refractivity contribution in [2.45, 2.75) is 51.9 Å². The maximum atomic E-state index is 12.6. The molecule has 1 heterocycles. The minimum atomic E-state index is -2.40. The summed E-state index contributed by atoms with van der Waals surface area (Å²) in [4.78, 5) is 14.2. The van der Waals surface area contributed by atoms with E-state index in [2.05, 4.69) is 0 Å². The van der Waals surface area contributed by atoms with Crippen molar-refractivity contribution < 1.29 is 18.7 Å². The van der Waals surface area contributed by atoms with Crippen molar-refractivity contribution in [1.29, 1.82) is 0 Å². The van der Waals surface area contributed by atoms with Crippen molar-refractivity contribution in [2.75, 3.05) is 19.7 Å². The van der Waals surface area contributed by atoms with Gasteiger partial charge < -0.3 is 10.0 Å². The normalized spacial score (nSPS) is 21.0. The second kappa shape index (κ2) is 8.03. The van der Waals surface area contributed by atoms with Gasteiger partial charge in [-0.1, -0.05) is 31.2 Å². The Kier molecular flexibility index (Phi) is 5.96. The van der Waals surface area contributed by atoms with Crippen LogP contribution in [-0.4, -0.2) is 35.6 Å². The number of alkyl halides is 2. The lowest BCUT2D eigenvalue weighted by Crippen LogP contribution is -2.60. The fourth-order valence-electron chi connectivity index (χ4n) is 4.50. The fraction of sp³-hybridized carbons (Fsp3) is 0.667. The van der Waals surface area contributed by atoms with Crippen LogP contribution in [0.1, 0.15) is 56.6 Å². The van der Waals surface area contributed by atoms with E-state index in [9.17, 15) is 18.7 Å². The van der Waals surface area contributed by atoms with E-state index in [0.717, 1.165) is 50.8 Å². The van der Waals surface area contributed by atoms with E-state index in [4.69, 9.17) is 0 Å². The molecule has 3 nitrogen and oxygen atoms in total. The molecular weight excluding hydrogens is 336 g/mol. The number of likely N-dealkylation sites (tertiary alicyclic amines) is 1. The first-order valence-electron chi connectivity index (χ1n) is 9.73. The number of hydrogen-bond donors (Lipinski definition) is 1. The van der Waals surface area contributed by atoms with E-state index in [1.165, 1.54) is 12.1 Å². The topological polar surface area (TPSA) is 40.5 Å². The van der Waals surface area contributed by atoms with Gasteiger partial charge >= 0.3 is 0 Å². The van der Waals surface area contributed by atoms with E-state index in [-0.39, 0.29) is 29.4 Å². The zero-order chi connectivity index (χ0) is 18.7. The summed E-state index contributed by atoms with van der Waals surface area (Å²) >= 11 is 0. The van der Waals surface area contributed by atoms with Crippen LogP contribution in [0.4, 0.5) is 8.78 Å². The number of aliphatic hydroxyl groups is 1. The minimum absolute atomic E-state index is 0.0642. The number of carbonyl (C=O) groups is 1. The molecular formula is C21H29F2NO2. The number of carbonyl (C=O) groups excluding carboxylic acids is 1. The Hall–Kier alpha value is -1.49. The molecule has 5 heteroatoms. The Bertz CT molecular complexity index is 597. The first kappa shape index (κ1) is 19.3. The quantitative estimate of drug-likeness (QED) is 0.821. The number of benzene rings is 1. The largest absolute Gasteiger partial charge is 0.396 e. The molecule has 1 amide bonds. The highest BCUT2D eigenvalue weighted by Gasteiger charge is 2.47. The second-order valence-electron chi connectivity index (χ2n) is 8.17. The van der Waals surface area contributed by atoms with Gasteiger partial charge in [0, 0.05) is 24.1 Å². The molecule has 2 fully saturated rings. The summed E-state index contributed by atoms with van der Waals surface area (Å²) in [6.45, 7) is 3.54. The maximum absolute atomic E-state index is 12.6. The van der Waals surface area contributed by atoms with Gasteiger partial charge in [0.2, 0.25) is 5.91 Å². The number of amides is 1. The average Bonchev–Trinajstić information content (AvgIpc) is 2.62. The van der Waals surface area contributed by atoms with Crippen LogP contribution in [0.2, 0.25) is 0 Å². The Labute approximate surface area is 154 Å². The standard InChI is InChI=1S/C21H29F2NO2/c1-2-17(12-25)20(26)24-13-21(14-24)9-7-16(8-10-21)11-15-3-5-18(6-4-15)19(22)23/h3-6,16-17,19,25H,2,7-14H2,1H3/t17-/m1/s1. The second-order valence-corrected chi connectivity index (χ2v) is 8.17. The molecule has 1 aromatic rings. The van der Waals surface area contributed by atoms with Crippen molar-refractivity contribution in [3.8, 4) is 0 Å². The summed E-state index contributed by atoms with van der Waals surface area (Å²) in [7, 11) is 0. The van der Waals surface area contributed by atoms with E-state index >= 15 is 0 Å². The molecule has 144 valence electrons. The summed E-state index contributed by atoms with van der Waals surface area (Å²) < 4.78 is 25.3. The third-order valence-corrected chi connectivity index (χ3v) is 6.35. The molecule has 1 aliphatic heterocycles. The molecule has 1 saturated carbocycles. The average molecular weight is 365 g/mol. The highest BCUT2D eigenvalue weighted by atomic mass is 19.3. The molecule has 1 saturated heterocycles. The van der Waals surface area contributed by atoms with Crippen molar-refractivity contribution >= 4 is 5.91 Å². The van der Waals surface area contributed by atoms with Crippen LogP contribution in [0.15, 0.2) is 24.3 Å². The molecule has 1 aliphatic carbocycles. The van der Waals surface area contributed by atoms with Crippen molar-refractivity contribution in [1.82, 2.24) is 4.90 Å². The first-order valence-corrected chi connectivity index (χ1v) is 9.73. The van der Waals surface area contributed by atoms with Crippen LogP contribution in [0.25, 0.3) is 0 Å². The number of hydrogen-bond acceptors (Lipinski definition) is 2. The van der Waals surface area contributed by atoms with Crippen LogP contribution >= 0.6 is 0 Å². The van der Waals surface area contributed by atoms with Crippen molar-refractivity contribution in [3.63, 3.8) is 0 Å². The molecule has 2 aliphatic rings. The van der Waals surface area contributed by atoms with Crippen LogP contribution in [0, 0.1) is 17.3 Å². The van der Waals surface area contributed by atoms with Crippen LogP contribution in [0.3, 0.4) is 0 Å². The number of nitrogens with zero attached hydrogens (tertiary/aromatic N) is 1. The van der Waals surface area contributed by atoms with Gasteiger partial charge in [0.25, 0.3) is 6.43 Å². The molecule has 0 unspecified atom stereocenters. The highest BCUT2D eigenvalue weighted by molar-refractivity contribution is 5.80. The van der Waals surface area contributed by atoms with Gasteiger partial charge in [-0.15, -0.1) is 0 Å². The summed E-state index contributed by atoms with van der Waals surface area (Å²) in [5.41, 5.74) is 1.50. The fourth-order valence-corrected chi connectivity index (χ4v) is 4.50. The van der Waals surface area contributed by atoms with Gasteiger partial charge in [-0.25, -0.2) is 8.78 Å². The lowest BCUT2D eigenvalue weighted by molar-refractivity contribution is -0.152. The summed E-state index contributed by atoms with van der Waals surface area (Å²) in [5.74, 6) is 0.449. The summed E-state index contributed by atoms with van der Waals surface area (Å²) in [6, 6.07) is 6.72. The predicted molar refractivity (Wildman–Crippen MR) is 96.9 cm³/mol. The van der Waals surface area contributed by atoms with Gasteiger partial charge in [-0.3, -0.25) is 4.79 Å². The predicted octanol–water partition coefficient (Wildman–Crippen LogP) is 4.20. The van der Waals surface area contributed by atoms with E-state index in [0.29, 0.717) is 12.3 Å². The van der Waals surface area contributed by atoms with Crippen LogP contribution in [-0.2, 0) is 11.2 Å². The van der Waals surface area contributed by atoms with Crippen molar-refractivity contribution in [3.05, 3.63) is 35.4 Å². The molecule has 1 N–H and O–H groups in total. The lowest BCUT2D eigenvalue weighted by atomic mass is 9.65. The highest BCUT2D eigenvalue weighted by Crippen LogP contribution is 2.46. The van der Waals surface area contributed by atoms with E-state index in [1.54, 1.807) is 0 Å². The zero-order valence-corrected chi connectivity index (χ0v) is 15.5. The number of aliphatic hydroxyl groups excluding tert-OH is 1. The van der Waals surface area contributed by atoms with Gasteiger partial charge in [0.05, 0.1) is 12.5 Å². The van der Waals surface area contributed by atoms with Crippen LogP contribution < -0.4 is 0 Å². The Balaban J connectivity index is 1.46. The maximum Gasteiger partial charge on any atom is 0.263 e. The van der Waals surface area contributed by atoms with Gasteiger partial charge in [0.1, 0.15) is 0 Å². The molecule has 1 spiro atoms. The van der Waals surface area contributed by atoms with Gasteiger partial charge in [0.15, 0.2) is 0 Å². The molecule has 1 aromatic carbocycles. The van der Waals surface area contributed by atoms with Crippen LogP contribution in [0.5, 0.6) is 0 Å². The monoisotopic (exact) mass is 365 g/mol. The SMILES string of the molecule is CC[C@H](CO)C(=O)N1CC2(CCC(Cc3ccc(C(F)F)cc3)CC2)C1. The Morgan fingerprint density at radius 1 is 1.23 bits per heavy atom. The zero-order valence-electron chi connectivity index (χ0n) is 15.5. The third-order valence-electron chi connectivity index (χ3n) is 6.35. The molecule has 3 rings (SSSR count). The molecule has 0 radical (unpaired) electrons. The van der Waals surface area contributed by atoms with Crippen molar-refractivity contribution in [2.24, 2.45) is 17.3 Å². The molecule has 0 bridgehead atoms. The van der Waals surface area contributed by atoms with E-state index in [1.807, 2.05) is 24.0 Å².